The van der Waals surface area contributed by atoms with Gasteiger partial charge in [-0.2, -0.15) is 5.10 Å². The maximum atomic E-state index is 9.66. The van der Waals surface area contributed by atoms with Crippen molar-refractivity contribution in [1.82, 2.24) is 9.61 Å². The van der Waals surface area contributed by atoms with Crippen LogP contribution in [0.1, 0.15) is 0 Å². The number of hydrogen-bond acceptors (Lipinski definition) is 3. The highest BCUT2D eigenvalue weighted by Crippen LogP contribution is 2.28. The summed E-state index contributed by atoms with van der Waals surface area (Å²) in [6.45, 7) is 0. The normalized spacial score (nSPS) is 10.8. The number of anilines is 1. The number of pyridine rings is 1. The lowest BCUT2D eigenvalue weighted by Crippen LogP contribution is -1.90. The van der Waals surface area contributed by atoms with Crippen molar-refractivity contribution in [2.24, 2.45) is 0 Å². The Balaban J connectivity index is 2.28. The van der Waals surface area contributed by atoms with Crippen molar-refractivity contribution < 1.29 is 5.11 Å². The minimum atomic E-state index is 0.188. The second kappa shape index (κ2) is 3.52. The smallest absolute Gasteiger partial charge is 0.134 e. The number of rotatable bonds is 1. The van der Waals surface area contributed by atoms with E-state index in [-0.39, 0.29) is 5.75 Å². The van der Waals surface area contributed by atoms with E-state index in [9.17, 15) is 5.11 Å². The Labute approximate surface area is 97.9 Å². The average Bonchev–Trinajstić information content (AvgIpc) is 2.77. The van der Waals surface area contributed by atoms with Gasteiger partial charge in [0.25, 0.3) is 0 Å². The third-order valence-electron chi connectivity index (χ3n) is 2.71. The Morgan fingerprint density at radius 3 is 2.65 bits per heavy atom. The van der Waals surface area contributed by atoms with Crippen LogP contribution in [0.15, 0.2) is 48.8 Å². The highest BCUT2D eigenvalue weighted by Gasteiger charge is 2.06. The van der Waals surface area contributed by atoms with Gasteiger partial charge in [-0.1, -0.05) is 12.1 Å². The van der Waals surface area contributed by atoms with Crippen molar-refractivity contribution >= 4 is 11.2 Å². The number of fused-ring (bicyclic) bond motifs is 1. The summed E-state index contributed by atoms with van der Waals surface area (Å²) in [5.41, 5.74) is 9.27. The number of nitrogens with two attached hydrogens (primary N) is 1. The van der Waals surface area contributed by atoms with Crippen LogP contribution in [0.3, 0.4) is 0 Å². The number of nitrogens with zero attached hydrogens (tertiary/aromatic N) is 2. The van der Waals surface area contributed by atoms with Gasteiger partial charge in [-0.15, -0.1) is 0 Å². The molecule has 0 aliphatic rings. The first-order valence-corrected chi connectivity index (χ1v) is 5.26. The van der Waals surface area contributed by atoms with E-state index in [1.807, 2.05) is 30.3 Å². The van der Waals surface area contributed by atoms with Crippen LogP contribution in [-0.2, 0) is 0 Å². The zero-order chi connectivity index (χ0) is 11.8. The molecule has 0 fully saturated rings. The molecule has 0 spiro atoms. The summed E-state index contributed by atoms with van der Waals surface area (Å²) in [5.74, 6) is 0.188. The molecule has 0 saturated carbocycles. The third-order valence-corrected chi connectivity index (χ3v) is 2.71. The Morgan fingerprint density at radius 1 is 1.12 bits per heavy atom. The predicted molar refractivity (Wildman–Crippen MR) is 66.7 cm³/mol. The number of aromatic hydroxyl groups is 1. The minimum absolute atomic E-state index is 0.188. The number of aromatic nitrogens is 2. The molecule has 3 aromatic rings. The molecule has 0 aliphatic carbocycles. The standard InChI is InChI=1S/C13H11N3O/c14-10-3-1-9(2-4-10)12-7-11(17)8-16-13(12)5-6-15-16/h1-8,17H,14H2. The summed E-state index contributed by atoms with van der Waals surface area (Å²) < 4.78 is 1.65. The van der Waals surface area contributed by atoms with Gasteiger partial charge in [0.1, 0.15) is 5.75 Å². The maximum Gasteiger partial charge on any atom is 0.134 e. The fourth-order valence-corrected chi connectivity index (χ4v) is 1.91. The molecular formula is C13H11N3O. The van der Waals surface area contributed by atoms with Gasteiger partial charge in [-0.05, 0) is 29.8 Å². The van der Waals surface area contributed by atoms with Gasteiger partial charge in [-0.3, -0.25) is 0 Å². The Hall–Kier alpha value is -2.49. The molecule has 0 aliphatic heterocycles. The van der Waals surface area contributed by atoms with Crippen LogP contribution in [0.5, 0.6) is 5.75 Å². The molecule has 0 amide bonds. The molecule has 3 rings (SSSR count). The largest absolute Gasteiger partial charge is 0.506 e. The van der Waals surface area contributed by atoms with E-state index in [2.05, 4.69) is 5.10 Å². The Bertz CT molecular complexity index is 671. The zero-order valence-electron chi connectivity index (χ0n) is 9.04. The summed E-state index contributed by atoms with van der Waals surface area (Å²) in [5, 5.41) is 13.8. The summed E-state index contributed by atoms with van der Waals surface area (Å²) in [4.78, 5) is 0. The van der Waals surface area contributed by atoms with Gasteiger partial charge in [0.2, 0.25) is 0 Å². The predicted octanol–water partition coefficient (Wildman–Crippen LogP) is 2.29. The summed E-state index contributed by atoms with van der Waals surface area (Å²) in [6.07, 6.45) is 3.28. The molecule has 3 N–H and O–H groups in total. The molecule has 0 unspecified atom stereocenters. The fourth-order valence-electron chi connectivity index (χ4n) is 1.91. The van der Waals surface area contributed by atoms with Gasteiger partial charge < -0.3 is 10.8 Å². The minimum Gasteiger partial charge on any atom is -0.506 e. The van der Waals surface area contributed by atoms with Crippen molar-refractivity contribution in [3.8, 4) is 16.9 Å². The summed E-state index contributed by atoms with van der Waals surface area (Å²) >= 11 is 0. The van der Waals surface area contributed by atoms with Gasteiger partial charge >= 0.3 is 0 Å². The first kappa shape index (κ1) is 9.72. The van der Waals surface area contributed by atoms with Gasteiger partial charge in [0, 0.05) is 11.3 Å². The maximum absolute atomic E-state index is 9.66. The van der Waals surface area contributed by atoms with Crippen LogP contribution in [0.4, 0.5) is 5.69 Å². The quantitative estimate of drug-likeness (QED) is 0.624. The first-order valence-electron chi connectivity index (χ1n) is 5.26. The zero-order valence-corrected chi connectivity index (χ0v) is 9.04. The molecule has 0 atom stereocenters. The van der Waals surface area contributed by atoms with E-state index in [0.717, 1.165) is 22.3 Å². The molecule has 0 radical (unpaired) electrons. The highest BCUT2D eigenvalue weighted by atomic mass is 16.3. The van der Waals surface area contributed by atoms with E-state index in [1.54, 1.807) is 23.0 Å². The molecular weight excluding hydrogens is 214 g/mol. The summed E-state index contributed by atoms with van der Waals surface area (Å²) in [7, 11) is 0. The van der Waals surface area contributed by atoms with E-state index in [4.69, 9.17) is 5.73 Å². The molecule has 1 aromatic carbocycles. The van der Waals surface area contributed by atoms with E-state index >= 15 is 0 Å². The topological polar surface area (TPSA) is 63.5 Å². The van der Waals surface area contributed by atoms with Crippen LogP contribution < -0.4 is 5.73 Å². The van der Waals surface area contributed by atoms with Crippen molar-refractivity contribution in [2.45, 2.75) is 0 Å². The number of benzene rings is 1. The van der Waals surface area contributed by atoms with E-state index in [1.165, 1.54) is 0 Å². The van der Waals surface area contributed by atoms with Gasteiger partial charge in [0.05, 0.1) is 17.9 Å². The second-order valence-corrected chi connectivity index (χ2v) is 3.90. The SMILES string of the molecule is Nc1ccc(-c2cc(O)cn3nccc23)cc1. The molecule has 84 valence electrons. The molecule has 0 saturated heterocycles. The van der Waals surface area contributed by atoms with Gasteiger partial charge in [0.15, 0.2) is 0 Å². The van der Waals surface area contributed by atoms with Crippen molar-refractivity contribution in [3.05, 3.63) is 48.8 Å². The van der Waals surface area contributed by atoms with Crippen LogP contribution in [-0.4, -0.2) is 14.7 Å². The number of nitrogen functional groups attached to an aromatic ring is 1. The molecule has 17 heavy (non-hydrogen) atoms. The van der Waals surface area contributed by atoms with E-state index < -0.39 is 0 Å². The van der Waals surface area contributed by atoms with Crippen LogP contribution in [0.2, 0.25) is 0 Å². The summed E-state index contributed by atoms with van der Waals surface area (Å²) in [6, 6.07) is 11.2. The average molecular weight is 225 g/mol. The van der Waals surface area contributed by atoms with Crippen LogP contribution >= 0.6 is 0 Å². The molecule has 2 aromatic heterocycles. The second-order valence-electron chi connectivity index (χ2n) is 3.90. The lowest BCUT2D eigenvalue weighted by Gasteiger charge is -2.06. The molecule has 0 bridgehead atoms. The van der Waals surface area contributed by atoms with E-state index in [0.29, 0.717) is 0 Å². The van der Waals surface area contributed by atoms with Crippen LogP contribution in [0.25, 0.3) is 16.6 Å². The molecule has 4 nitrogen and oxygen atoms in total. The Kier molecular flexibility index (Phi) is 2.01. The monoisotopic (exact) mass is 225 g/mol. The lowest BCUT2D eigenvalue weighted by atomic mass is 10.1. The Morgan fingerprint density at radius 2 is 1.88 bits per heavy atom. The third kappa shape index (κ3) is 1.59. The van der Waals surface area contributed by atoms with Crippen molar-refractivity contribution in [2.75, 3.05) is 5.73 Å². The first-order chi connectivity index (χ1) is 8.24. The fraction of sp³-hybridized carbons (Fsp3) is 0. The number of hydrogen-bond donors (Lipinski definition) is 2. The van der Waals surface area contributed by atoms with Crippen molar-refractivity contribution in [3.63, 3.8) is 0 Å². The van der Waals surface area contributed by atoms with Crippen molar-refractivity contribution in [1.29, 1.82) is 0 Å². The molecule has 2 heterocycles. The molecule has 4 heteroatoms. The lowest BCUT2D eigenvalue weighted by molar-refractivity contribution is 0.471. The highest BCUT2D eigenvalue weighted by molar-refractivity contribution is 5.81. The van der Waals surface area contributed by atoms with Crippen LogP contribution in [0, 0.1) is 0 Å². The van der Waals surface area contributed by atoms with Gasteiger partial charge in [-0.25, -0.2) is 4.52 Å².